The molecule has 0 aliphatic heterocycles. The second kappa shape index (κ2) is 6.43. The molecule has 21 heavy (non-hydrogen) atoms. The summed E-state index contributed by atoms with van der Waals surface area (Å²) in [7, 11) is 1.64. The largest absolute Gasteiger partial charge is 0.497 e. The lowest BCUT2D eigenvalue weighted by molar-refractivity contribution is 0.289. The second-order valence-corrected chi connectivity index (χ2v) is 5.19. The molecule has 1 aromatic heterocycles. The lowest BCUT2D eigenvalue weighted by Crippen LogP contribution is -2.08. The zero-order valence-corrected chi connectivity index (χ0v) is 12.9. The molecule has 0 saturated carbocycles. The molecule has 112 valence electrons. The smallest absolute Gasteiger partial charge is 0.222 e. The van der Waals surface area contributed by atoms with Crippen LogP contribution in [0.4, 0.5) is 5.82 Å². The SMILES string of the molecule is COc1cccc(COc2nc(C(C)C)nc(N)c2C)c1. The zero-order chi connectivity index (χ0) is 15.4. The van der Waals surface area contributed by atoms with E-state index in [9.17, 15) is 0 Å². The average molecular weight is 287 g/mol. The molecule has 0 amide bonds. The fourth-order valence-electron chi connectivity index (χ4n) is 1.84. The van der Waals surface area contributed by atoms with Gasteiger partial charge in [0.1, 0.15) is 24.0 Å². The number of nitrogens with zero attached hydrogens (tertiary/aromatic N) is 2. The van der Waals surface area contributed by atoms with Gasteiger partial charge < -0.3 is 15.2 Å². The van der Waals surface area contributed by atoms with Crippen molar-refractivity contribution in [2.45, 2.75) is 33.3 Å². The van der Waals surface area contributed by atoms with Crippen molar-refractivity contribution in [3.8, 4) is 11.6 Å². The van der Waals surface area contributed by atoms with Gasteiger partial charge in [0.2, 0.25) is 5.88 Å². The van der Waals surface area contributed by atoms with Gasteiger partial charge in [-0.3, -0.25) is 0 Å². The molecule has 2 N–H and O–H groups in total. The van der Waals surface area contributed by atoms with Crippen LogP contribution in [0.3, 0.4) is 0 Å². The van der Waals surface area contributed by atoms with Gasteiger partial charge in [0.15, 0.2) is 0 Å². The van der Waals surface area contributed by atoms with Gasteiger partial charge in [0.25, 0.3) is 0 Å². The van der Waals surface area contributed by atoms with Gasteiger partial charge in [0.05, 0.1) is 12.7 Å². The fraction of sp³-hybridized carbons (Fsp3) is 0.375. The molecule has 1 aromatic carbocycles. The lowest BCUT2D eigenvalue weighted by atomic mass is 10.2. The monoisotopic (exact) mass is 287 g/mol. The third-order valence-electron chi connectivity index (χ3n) is 3.18. The first-order chi connectivity index (χ1) is 10.0. The average Bonchev–Trinajstić information content (AvgIpc) is 2.48. The molecular weight excluding hydrogens is 266 g/mol. The first-order valence-corrected chi connectivity index (χ1v) is 6.91. The van der Waals surface area contributed by atoms with Crippen LogP contribution in [0.2, 0.25) is 0 Å². The van der Waals surface area contributed by atoms with Crippen LogP contribution in [-0.4, -0.2) is 17.1 Å². The Morgan fingerprint density at radius 2 is 2.00 bits per heavy atom. The van der Waals surface area contributed by atoms with Crippen molar-refractivity contribution in [3.63, 3.8) is 0 Å². The second-order valence-electron chi connectivity index (χ2n) is 5.19. The van der Waals surface area contributed by atoms with E-state index in [0.29, 0.717) is 24.1 Å². The number of ether oxygens (including phenoxy) is 2. The number of methoxy groups -OCH3 is 1. The molecule has 2 aromatic rings. The topological polar surface area (TPSA) is 70.3 Å². The molecule has 0 bridgehead atoms. The molecule has 0 saturated heterocycles. The van der Waals surface area contributed by atoms with E-state index in [-0.39, 0.29) is 5.92 Å². The first kappa shape index (κ1) is 15.1. The van der Waals surface area contributed by atoms with Gasteiger partial charge in [-0.1, -0.05) is 26.0 Å². The predicted molar refractivity (Wildman–Crippen MR) is 82.6 cm³/mol. The van der Waals surface area contributed by atoms with Crippen LogP contribution in [0.1, 0.15) is 36.7 Å². The Morgan fingerprint density at radius 3 is 2.67 bits per heavy atom. The number of hydrogen-bond acceptors (Lipinski definition) is 5. The van der Waals surface area contributed by atoms with Crippen molar-refractivity contribution in [1.29, 1.82) is 0 Å². The van der Waals surface area contributed by atoms with Crippen molar-refractivity contribution in [2.75, 3.05) is 12.8 Å². The van der Waals surface area contributed by atoms with Crippen LogP contribution >= 0.6 is 0 Å². The third kappa shape index (κ3) is 3.62. The Hall–Kier alpha value is -2.30. The fourth-order valence-corrected chi connectivity index (χ4v) is 1.84. The van der Waals surface area contributed by atoms with E-state index in [2.05, 4.69) is 9.97 Å². The molecule has 2 rings (SSSR count). The van der Waals surface area contributed by atoms with Crippen LogP contribution < -0.4 is 15.2 Å². The Morgan fingerprint density at radius 1 is 1.24 bits per heavy atom. The van der Waals surface area contributed by atoms with Crippen molar-refractivity contribution in [2.24, 2.45) is 0 Å². The number of benzene rings is 1. The quantitative estimate of drug-likeness (QED) is 0.915. The van der Waals surface area contributed by atoms with Gasteiger partial charge in [-0.25, -0.2) is 4.98 Å². The highest BCUT2D eigenvalue weighted by Gasteiger charge is 2.12. The number of nitrogen functional groups attached to an aromatic ring is 1. The minimum absolute atomic E-state index is 0.201. The van der Waals surface area contributed by atoms with Gasteiger partial charge in [-0.2, -0.15) is 4.98 Å². The maximum atomic E-state index is 5.92. The van der Waals surface area contributed by atoms with Crippen LogP contribution in [0, 0.1) is 6.92 Å². The van der Waals surface area contributed by atoms with E-state index < -0.39 is 0 Å². The van der Waals surface area contributed by atoms with Crippen molar-refractivity contribution >= 4 is 5.82 Å². The molecule has 5 nitrogen and oxygen atoms in total. The summed E-state index contributed by atoms with van der Waals surface area (Å²) in [4.78, 5) is 8.73. The lowest BCUT2D eigenvalue weighted by Gasteiger charge is -2.13. The summed E-state index contributed by atoms with van der Waals surface area (Å²) >= 11 is 0. The maximum Gasteiger partial charge on any atom is 0.222 e. The van der Waals surface area contributed by atoms with Gasteiger partial charge >= 0.3 is 0 Å². The van der Waals surface area contributed by atoms with E-state index in [1.165, 1.54) is 0 Å². The van der Waals surface area contributed by atoms with E-state index in [1.54, 1.807) is 7.11 Å². The summed E-state index contributed by atoms with van der Waals surface area (Å²) in [6.07, 6.45) is 0. The van der Waals surface area contributed by atoms with E-state index >= 15 is 0 Å². The molecule has 0 radical (unpaired) electrons. The molecule has 0 atom stereocenters. The van der Waals surface area contributed by atoms with E-state index in [1.807, 2.05) is 45.0 Å². The highest BCUT2D eigenvalue weighted by Crippen LogP contribution is 2.24. The van der Waals surface area contributed by atoms with Crippen LogP contribution in [0.5, 0.6) is 11.6 Å². The molecule has 1 heterocycles. The summed E-state index contributed by atoms with van der Waals surface area (Å²) in [5, 5.41) is 0. The third-order valence-corrected chi connectivity index (χ3v) is 3.18. The van der Waals surface area contributed by atoms with Crippen LogP contribution in [0.25, 0.3) is 0 Å². The highest BCUT2D eigenvalue weighted by atomic mass is 16.5. The van der Waals surface area contributed by atoms with Crippen molar-refractivity contribution in [3.05, 3.63) is 41.2 Å². The molecule has 0 fully saturated rings. The minimum atomic E-state index is 0.201. The summed E-state index contributed by atoms with van der Waals surface area (Å²) in [5.41, 5.74) is 7.70. The molecule has 0 unspecified atom stereocenters. The number of anilines is 1. The molecular formula is C16H21N3O2. The summed E-state index contributed by atoms with van der Waals surface area (Å²) < 4.78 is 11.0. The summed E-state index contributed by atoms with van der Waals surface area (Å²) in [6, 6.07) is 7.74. The van der Waals surface area contributed by atoms with Crippen molar-refractivity contribution in [1.82, 2.24) is 9.97 Å². The molecule has 0 aliphatic carbocycles. The number of rotatable bonds is 5. The molecule has 5 heteroatoms. The number of hydrogen-bond donors (Lipinski definition) is 1. The standard InChI is InChI=1S/C16H21N3O2/c1-10(2)15-18-14(17)11(3)16(19-15)21-9-12-6-5-7-13(8-12)20-4/h5-8,10H,9H2,1-4H3,(H2,17,18,19). The number of aromatic nitrogens is 2. The Balaban J connectivity index is 2.19. The molecule has 0 aliphatic rings. The maximum absolute atomic E-state index is 5.92. The number of nitrogens with two attached hydrogens (primary N) is 1. The van der Waals surface area contributed by atoms with Gasteiger partial charge in [-0.05, 0) is 24.6 Å². The zero-order valence-electron chi connectivity index (χ0n) is 12.9. The van der Waals surface area contributed by atoms with Crippen LogP contribution in [0.15, 0.2) is 24.3 Å². The normalized spacial score (nSPS) is 10.7. The van der Waals surface area contributed by atoms with Gasteiger partial charge in [0, 0.05) is 5.92 Å². The Kier molecular flexibility index (Phi) is 4.62. The highest BCUT2D eigenvalue weighted by molar-refractivity contribution is 5.44. The van der Waals surface area contributed by atoms with E-state index in [0.717, 1.165) is 16.9 Å². The van der Waals surface area contributed by atoms with E-state index in [4.69, 9.17) is 15.2 Å². The predicted octanol–water partition coefficient (Wildman–Crippen LogP) is 3.08. The minimum Gasteiger partial charge on any atom is -0.497 e. The summed E-state index contributed by atoms with van der Waals surface area (Å²) in [6.45, 7) is 6.32. The molecule has 0 spiro atoms. The Labute approximate surface area is 125 Å². The summed E-state index contributed by atoms with van der Waals surface area (Å²) in [5.74, 6) is 2.70. The van der Waals surface area contributed by atoms with Crippen molar-refractivity contribution < 1.29 is 9.47 Å². The Bertz CT molecular complexity index is 627. The van der Waals surface area contributed by atoms with Crippen LogP contribution in [-0.2, 0) is 6.61 Å². The van der Waals surface area contributed by atoms with Gasteiger partial charge in [-0.15, -0.1) is 0 Å². The first-order valence-electron chi connectivity index (χ1n) is 6.91.